The topological polar surface area (TPSA) is 78.4 Å². The van der Waals surface area contributed by atoms with Gasteiger partial charge in [-0.25, -0.2) is 0 Å². The largest absolute Gasteiger partial charge is 0.485 e. The molecule has 0 heterocycles. The van der Waals surface area contributed by atoms with Crippen LogP contribution in [0.4, 0.5) is 5.69 Å². The van der Waals surface area contributed by atoms with Gasteiger partial charge < -0.3 is 10.5 Å². The van der Waals surface area contributed by atoms with Crippen molar-refractivity contribution in [2.45, 2.75) is 6.92 Å². The molecule has 0 aromatic heterocycles. The van der Waals surface area contributed by atoms with Crippen LogP contribution in [0.15, 0.2) is 18.2 Å². The molecule has 0 bridgehead atoms. The number of ether oxygens (including phenoxy) is 1. The summed E-state index contributed by atoms with van der Waals surface area (Å²) in [5.74, 6) is 0.278. The molecule has 0 aliphatic heterocycles. The fourth-order valence-electron chi connectivity index (χ4n) is 1.06. The van der Waals surface area contributed by atoms with Crippen LogP contribution in [0.2, 0.25) is 0 Å². The predicted octanol–water partition coefficient (Wildman–Crippen LogP) is 1.66. The lowest BCUT2D eigenvalue weighted by Gasteiger charge is -2.05. The van der Waals surface area contributed by atoms with Gasteiger partial charge in [-0.15, -0.1) is 12.4 Å². The first-order valence-corrected chi connectivity index (χ1v) is 4.23. The molecule has 15 heavy (non-hydrogen) atoms. The Kier molecular flexibility index (Phi) is 5.66. The van der Waals surface area contributed by atoms with Gasteiger partial charge in [0.2, 0.25) is 0 Å². The zero-order valence-corrected chi connectivity index (χ0v) is 9.12. The maximum atomic E-state index is 10.6. The Hall–Kier alpha value is -1.33. The van der Waals surface area contributed by atoms with E-state index in [1.54, 1.807) is 12.1 Å². The van der Waals surface area contributed by atoms with Crippen LogP contribution in [0.5, 0.6) is 5.75 Å². The van der Waals surface area contributed by atoms with Crippen molar-refractivity contribution in [1.82, 2.24) is 0 Å². The van der Waals surface area contributed by atoms with Crippen molar-refractivity contribution >= 4 is 18.1 Å². The maximum Gasteiger partial charge on any atom is 0.310 e. The van der Waals surface area contributed by atoms with Crippen LogP contribution in [-0.2, 0) is 0 Å². The van der Waals surface area contributed by atoms with Gasteiger partial charge in [-0.2, -0.15) is 0 Å². The van der Waals surface area contributed by atoms with Crippen LogP contribution in [-0.4, -0.2) is 18.1 Å². The van der Waals surface area contributed by atoms with Crippen LogP contribution in [0.3, 0.4) is 0 Å². The lowest BCUT2D eigenvalue weighted by atomic mass is 10.2. The summed E-state index contributed by atoms with van der Waals surface area (Å²) in [5, 5.41) is 10.6. The van der Waals surface area contributed by atoms with Crippen molar-refractivity contribution in [1.29, 1.82) is 0 Å². The van der Waals surface area contributed by atoms with E-state index in [-0.39, 0.29) is 30.5 Å². The van der Waals surface area contributed by atoms with Gasteiger partial charge >= 0.3 is 5.69 Å². The summed E-state index contributed by atoms with van der Waals surface area (Å²) in [4.78, 5) is 10.1. The first kappa shape index (κ1) is 13.7. The molecule has 0 saturated heterocycles. The van der Waals surface area contributed by atoms with E-state index in [2.05, 4.69) is 0 Å². The SMILES string of the molecule is Cc1ccc([N+](=O)[O-])c(OCCN)c1.Cl. The summed E-state index contributed by atoms with van der Waals surface area (Å²) in [6.07, 6.45) is 0. The van der Waals surface area contributed by atoms with Crippen LogP contribution >= 0.6 is 12.4 Å². The summed E-state index contributed by atoms with van der Waals surface area (Å²) in [6, 6.07) is 4.74. The minimum absolute atomic E-state index is 0. The summed E-state index contributed by atoms with van der Waals surface area (Å²) in [5.41, 5.74) is 6.14. The van der Waals surface area contributed by atoms with Crippen molar-refractivity contribution in [3.63, 3.8) is 0 Å². The monoisotopic (exact) mass is 232 g/mol. The van der Waals surface area contributed by atoms with Gasteiger partial charge in [0.1, 0.15) is 6.61 Å². The quantitative estimate of drug-likeness (QED) is 0.633. The number of hydrogen-bond donors (Lipinski definition) is 1. The zero-order valence-electron chi connectivity index (χ0n) is 8.30. The van der Waals surface area contributed by atoms with Gasteiger partial charge in [-0.3, -0.25) is 10.1 Å². The minimum Gasteiger partial charge on any atom is -0.485 e. The second-order valence-corrected chi connectivity index (χ2v) is 2.87. The fourth-order valence-corrected chi connectivity index (χ4v) is 1.06. The minimum atomic E-state index is -0.467. The van der Waals surface area contributed by atoms with E-state index in [1.165, 1.54) is 6.07 Å². The van der Waals surface area contributed by atoms with Crippen molar-refractivity contribution in [3.05, 3.63) is 33.9 Å². The zero-order chi connectivity index (χ0) is 10.6. The van der Waals surface area contributed by atoms with E-state index in [0.29, 0.717) is 6.54 Å². The number of nitrogens with two attached hydrogens (primary N) is 1. The Balaban J connectivity index is 0.00000196. The number of aryl methyl sites for hydroxylation is 1. The average molecular weight is 233 g/mol. The van der Waals surface area contributed by atoms with Crippen molar-refractivity contribution in [2.24, 2.45) is 5.73 Å². The van der Waals surface area contributed by atoms with E-state index >= 15 is 0 Å². The highest BCUT2D eigenvalue weighted by Crippen LogP contribution is 2.27. The van der Waals surface area contributed by atoms with E-state index < -0.39 is 4.92 Å². The Morgan fingerprint density at radius 3 is 2.73 bits per heavy atom. The molecule has 1 aromatic carbocycles. The molecule has 6 heteroatoms. The highest BCUT2D eigenvalue weighted by Gasteiger charge is 2.14. The highest BCUT2D eigenvalue weighted by atomic mass is 35.5. The standard InChI is InChI=1S/C9H12N2O3.ClH/c1-7-2-3-8(11(12)13)9(6-7)14-5-4-10;/h2-3,6H,4-5,10H2,1H3;1H. The van der Waals surface area contributed by atoms with Crippen LogP contribution in [0.25, 0.3) is 0 Å². The van der Waals surface area contributed by atoms with E-state index in [1.807, 2.05) is 6.92 Å². The number of nitro groups is 1. The van der Waals surface area contributed by atoms with Crippen LogP contribution in [0, 0.1) is 17.0 Å². The average Bonchev–Trinajstić information content (AvgIpc) is 2.14. The molecule has 0 fully saturated rings. The molecule has 0 radical (unpaired) electrons. The van der Waals surface area contributed by atoms with Gasteiger partial charge in [0.15, 0.2) is 5.75 Å². The molecule has 0 unspecified atom stereocenters. The summed E-state index contributed by atoms with van der Waals surface area (Å²) < 4.78 is 5.16. The second-order valence-electron chi connectivity index (χ2n) is 2.87. The molecule has 5 nitrogen and oxygen atoms in total. The Morgan fingerprint density at radius 2 is 2.20 bits per heavy atom. The molecular weight excluding hydrogens is 220 g/mol. The smallest absolute Gasteiger partial charge is 0.310 e. The molecule has 0 saturated carbocycles. The predicted molar refractivity (Wildman–Crippen MR) is 59.6 cm³/mol. The van der Waals surface area contributed by atoms with Crippen molar-refractivity contribution < 1.29 is 9.66 Å². The van der Waals surface area contributed by atoms with E-state index in [0.717, 1.165) is 5.56 Å². The van der Waals surface area contributed by atoms with Gasteiger partial charge in [0.05, 0.1) is 4.92 Å². The normalized spacial score (nSPS) is 9.20. The molecule has 1 aromatic rings. The number of hydrogen-bond acceptors (Lipinski definition) is 4. The molecule has 0 amide bonds. The lowest BCUT2D eigenvalue weighted by Crippen LogP contribution is -2.11. The van der Waals surface area contributed by atoms with Crippen molar-refractivity contribution in [3.8, 4) is 5.75 Å². The molecular formula is C9H13ClN2O3. The van der Waals surface area contributed by atoms with Crippen molar-refractivity contribution in [2.75, 3.05) is 13.2 Å². The second kappa shape index (κ2) is 6.21. The van der Waals surface area contributed by atoms with Crippen LogP contribution < -0.4 is 10.5 Å². The van der Waals surface area contributed by atoms with E-state index in [9.17, 15) is 10.1 Å². The first-order valence-electron chi connectivity index (χ1n) is 4.23. The third kappa shape index (κ3) is 3.73. The highest BCUT2D eigenvalue weighted by molar-refractivity contribution is 5.85. The molecule has 1 rings (SSSR count). The number of rotatable bonds is 4. The summed E-state index contributed by atoms with van der Waals surface area (Å²) in [7, 11) is 0. The van der Waals surface area contributed by atoms with Gasteiger partial charge in [-0.1, -0.05) is 6.07 Å². The molecule has 0 aliphatic carbocycles. The maximum absolute atomic E-state index is 10.6. The molecule has 0 atom stereocenters. The first-order chi connectivity index (χ1) is 6.65. The lowest BCUT2D eigenvalue weighted by molar-refractivity contribution is -0.385. The number of nitro benzene ring substituents is 1. The molecule has 2 N–H and O–H groups in total. The molecule has 84 valence electrons. The Bertz CT molecular complexity index is 344. The molecule has 0 aliphatic rings. The third-order valence-corrected chi connectivity index (χ3v) is 1.69. The Labute approximate surface area is 93.8 Å². The number of halogens is 1. The van der Waals surface area contributed by atoms with Gasteiger partial charge in [0, 0.05) is 12.6 Å². The summed E-state index contributed by atoms with van der Waals surface area (Å²) in [6.45, 7) is 2.47. The molecule has 0 spiro atoms. The number of nitrogens with zero attached hydrogens (tertiary/aromatic N) is 1. The van der Waals surface area contributed by atoms with Crippen LogP contribution in [0.1, 0.15) is 5.56 Å². The summed E-state index contributed by atoms with van der Waals surface area (Å²) >= 11 is 0. The fraction of sp³-hybridized carbons (Fsp3) is 0.333. The Morgan fingerprint density at radius 1 is 1.53 bits per heavy atom. The van der Waals surface area contributed by atoms with Gasteiger partial charge in [-0.05, 0) is 18.6 Å². The number of benzene rings is 1. The van der Waals surface area contributed by atoms with Gasteiger partial charge in [0.25, 0.3) is 0 Å². The van der Waals surface area contributed by atoms with E-state index in [4.69, 9.17) is 10.5 Å². The third-order valence-electron chi connectivity index (χ3n) is 1.69.